The van der Waals surface area contributed by atoms with Crippen molar-refractivity contribution in [3.63, 3.8) is 0 Å². The van der Waals surface area contributed by atoms with Crippen LogP contribution < -0.4 is 0 Å². The number of carboxylic acid groups (broad SMARTS) is 1. The summed E-state index contributed by atoms with van der Waals surface area (Å²) >= 11 is 0. The number of aliphatic carboxylic acids is 1. The van der Waals surface area contributed by atoms with Gasteiger partial charge < -0.3 is 5.11 Å². The van der Waals surface area contributed by atoms with Crippen molar-refractivity contribution in [1.82, 2.24) is 4.90 Å². The summed E-state index contributed by atoms with van der Waals surface area (Å²) < 4.78 is 0. The van der Waals surface area contributed by atoms with Crippen molar-refractivity contribution in [1.29, 1.82) is 0 Å². The first-order valence-corrected chi connectivity index (χ1v) is 7.98. The molecule has 3 heteroatoms. The van der Waals surface area contributed by atoms with E-state index >= 15 is 0 Å². The first-order valence-electron chi connectivity index (χ1n) is 7.98. The van der Waals surface area contributed by atoms with Gasteiger partial charge in [-0.15, -0.1) is 0 Å². The van der Waals surface area contributed by atoms with Crippen molar-refractivity contribution >= 4 is 5.97 Å². The van der Waals surface area contributed by atoms with Crippen molar-refractivity contribution in [2.24, 2.45) is 0 Å². The molecule has 1 rings (SSSR count). The fraction of sp³-hybridized carbons (Fsp3) is 0.611. The number of hydrogen-bond acceptors (Lipinski definition) is 2. The average molecular weight is 291 g/mol. The molecule has 21 heavy (non-hydrogen) atoms. The minimum atomic E-state index is -0.863. The molecule has 0 aliphatic rings. The molecule has 1 aromatic carbocycles. The Morgan fingerprint density at radius 2 is 1.90 bits per heavy atom. The molecule has 0 amide bonds. The predicted molar refractivity (Wildman–Crippen MR) is 87.7 cm³/mol. The van der Waals surface area contributed by atoms with Gasteiger partial charge in [0, 0.05) is 12.6 Å². The Balaban J connectivity index is 3.01. The van der Waals surface area contributed by atoms with Crippen LogP contribution >= 0.6 is 0 Å². The summed E-state index contributed by atoms with van der Waals surface area (Å²) in [4.78, 5) is 14.2. The molecule has 1 aromatic rings. The lowest BCUT2D eigenvalue weighted by molar-refractivity contribution is -0.144. The van der Waals surface area contributed by atoms with Gasteiger partial charge in [0.15, 0.2) is 0 Å². The molecule has 0 heterocycles. The summed E-state index contributed by atoms with van der Waals surface area (Å²) in [5, 5.41) is 9.79. The van der Waals surface area contributed by atoms with E-state index in [0.29, 0.717) is 12.6 Å². The van der Waals surface area contributed by atoms with E-state index in [0.717, 1.165) is 31.4 Å². The van der Waals surface area contributed by atoms with Crippen molar-refractivity contribution in [3.8, 4) is 0 Å². The molecule has 0 radical (unpaired) electrons. The number of carbonyl (C=O) groups is 1. The molecular weight excluding hydrogens is 262 g/mol. The number of benzene rings is 1. The zero-order valence-electron chi connectivity index (χ0n) is 13.8. The van der Waals surface area contributed by atoms with Gasteiger partial charge in [-0.1, -0.05) is 50.6 Å². The Bertz CT molecular complexity index is 432. The van der Waals surface area contributed by atoms with E-state index in [1.54, 1.807) is 0 Å². The van der Waals surface area contributed by atoms with Crippen LogP contribution in [0, 0.1) is 0 Å². The van der Waals surface area contributed by atoms with E-state index in [2.05, 4.69) is 25.7 Å². The van der Waals surface area contributed by atoms with Gasteiger partial charge in [0.25, 0.3) is 0 Å². The zero-order valence-corrected chi connectivity index (χ0v) is 13.8. The normalized spacial score (nSPS) is 15.7. The summed E-state index contributed by atoms with van der Waals surface area (Å²) in [5.41, 5.74) is 0.0145. The average Bonchev–Trinajstić information content (AvgIpc) is 2.51. The maximum absolute atomic E-state index is 11.9. The lowest BCUT2D eigenvalue weighted by Gasteiger charge is -2.36. The topological polar surface area (TPSA) is 40.5 Å². The fourth-order valence-electron chi connectivity index (χ4n) is 2.57. The van der Waals surface area contributed by atoms with Gasteiger partial charge in [-0.2, -0.15) is 0 Å². The third-order valence-corrected chi connectivity index (χ3v) is 4.42. The number of rotatable bonds is 9. The van der Waals surface area contributed by atoms with Crippen molar-refractivity contribution < 1.29 is 9.90 Å². The van der Waals surface area contributed by atoms with E-state index in [9.17, 15) is 9.90 Å². The van der Waals surface area contributed by atoms with E-state index in [1.807, 2.05) is 37.3 Å². The van der Waals surface area contributed by atoms with E-state index < -0.39 is 11.4 Å². The SMILES string of the molecule is CCCCN(CC(C)(C(=O)O)c1ccccc1)C(C)CC. The Hall–Kier alpha value is -1.35. The van der Waals surface area contributed by atoms with Crippen LogP contribution in [-0.4, -0.2) is 35.1 Å². The van der Waals surface area contributed by atoms with Gasteiger partial charge in [0.2, 0.25) is 0 Å². The van der Waals surface area contributed by atoms with Gasteiger partial charge in [-0.05, 0) is 38.8 Å². The number of carboxylic acids is 1. The van der Waals surface area contributed by atoms with E-state index in [1.165, 1.54) is 0 Å². The molecule has 3 nitrogen and oxygen atoms in total. The molecule has 0 bridgehead atoms. The summed E-state index contributed by atoms with van der Waals surface area (Å²) in [6, 6.07) is 9.99. The summed E-state index contributed by atoms with van der Waals surface area (Å²) in [6.45, 7) is 9.87. The van der Waals surface area contributed by atoms with E-state index in [-0.39, 0.29) is 0 Å². The van der Waals surface area contributed by atoms with Crippen molar-refractivity contribution in [2.75, 3.05) is 13.1 Å². The molecule has 2 unspecified atom stereocenters. The third-order valence-electron chi connectivity index (χ3n) is 4.42. The Morgan fingerprint density at radius 1 is 1.29 bits per heavy atom. The molecule has 0 spiro atoms. The van der Waals surface area contributed by atoms with Gasteiger partial charge in [0.1, 0.15) is 5.41 Å². The number of unbranched alkanes of at least 4 members (excludes halogenated alkanes) is 1. The summed E-state index contributed by atoms with van der Waals surface area (Å²) in [6.07, 6.45) is 3.27. The molecule has 0 saturated heterocycles. The molecular formula is C18H29NO2. The second-order valence-corrected chi connectivity index (χ2v) is 6.08. The first kappa shape index (κ1) is 17.7. The van der Waals surface area contributed by atoms with Crippen LogP contribution in [0.3, 0.4) is 0 Å². The van der Waals surface area contributed by atoms with Gasteiger partial charge in [-0.25, -0.2) is 0 Å². The van der Waals surface area contributed by atoms with Gasteiger partial charge in [0.05, 0.1) is 0 Å². The lowest BCUT2D eigenvalue weighted by atomic mass is 9.81. The number of nitrogens with zero attached hydrogens (tertiary/aromatic N) is 1. The predicted octanol–water partition coefficient (Wildman–Crippen LogP) is 3.93. The number of hydrogen-bond donors (Lipinski definition) is 1. The fourth-order valence-corrected chi connectivity index (χ4v) is 2.57. The van der Waals surface area contributed by atoms with Crippen LogP contribution in [-0.2, 0) is 10.2 Å². The molecule has 1 N–H and O–H groups in total. The molecule has 2 atom stereocenters. The van der Waals surface area contributed by atoms with Crippen LogP contribution in [0.2, 0.25) is 0 Å². The monoisotopic (exact) mass is 291 g/mol. The highest BCUT2D eigenvalue weighted by atomic mass is 16.4. The maximum Gasteiger partial charge on any atom is 0.315 e. The van der Waals surface area contributed by atoms with Crippen LogP contribution in [0.15, 0.2) is 30.3 Å². The minimum absolute atomic E-state index is 0.402. The Kier molecular flexibility index (Phi) is 6.90. The van der Waals surface area contributed by atoms with Crippen molar-refractivity contribution in [2.45, 2.75) is 58.4 Å². The minimum Gasteiger partial charge on any atom is -0.481 e. The zero-order chi connectivity index (χ0) is 15.9. The maximum atomic E-state index is 11.9. The largest absolute Gasteiger partial charge is 0.481 e. The smallest absolute Gasteiger partial charge is 0.315 e. The van der Waals surface area contributed by atoms with Crippen LogP contribution in [0.5, 0.6) is 0 Å². The Morgan fingerprint density at radius 3 is 2.38 bits per heavy atom. The van der Waals surface area contributed by atoms with Gasteiger partial charge >= 0.3 is 5.97 Å². The molecule has 118 valence electrons. The highest BCUT2D eigenvalue weighted by Gasteiger charge is 2.37. The lowest BCUT2D eigenvalue weighted by Crippen LogP contribution is -2.47. The highest BCUT2D eigenvalue weighted by molar-refractivity contribution is 5.81. The second kappa shape index (κ2) is 8.18. The van der Waals surface area contributed by atoms with Crippen LogP contribution in [0.25, 0.3) is 0 Å². The molecule has 0 aliphatic carbocycles. The third kappa shape index (κ3) is 4.57. The quantitative estimate of drug-likeness (QED) is 0.749. The Labute approximate surface area is 129 Å². The van der Waals surface area contributed by atoms with Crippen LogP contribution in [0.1, 0.15) is 52.5 Å². The molecule has 0 aromatic heterocycles. The van der Waals surface area contributed by atoms with E-state index in [4.69, 9.17) is 0 Å². The molecule has 0 saturated carbocycles. The summed E-state index contributed by atoms with van der Waals surface area (Å²) in [7, 11) is 0. The summed E-state index contributed by atoms with van der Waals surface area (Å²) in [5.74, 6) is -0.751. The van der Waals surface area contributed by atoms with Crippen molar-refractivity contribution in [3.05, 3.63) is 35.9 Å². The molecule has 0 fully saturated rings. The van der Waals surface area contributed by atoms with Gasteiger partial charge in [-0.3, -0.25) is 9.69 Å². The first-order chi connectivity index (χ1) is 9.95. The second-order valence-electron chi connectivity index (χ2n) is 6.08. The highest BCUT2D eigenvalue weighted by Crippen LogP contribution is 2.27. The van der Waals surface area contributed by atoms with Crippen LogP contribution in [0.4, 0.5) is 0 Å². The molecule has 0 aliphatic heterocycles. The standard InChI is InChI=1S/C18H29NO2/c1-5-7-13-19(15(3)6-2)14-18(4,17(20)21)16-11-9-8-10-12-16/h8-12,15H,5-7,13-14H2,1-4H3,(H,20,21).